The van der Waals surface area contributed by atoms with E-state index >= 15 is 0 Å². The van der Waals surface area contributed by atoms with E-state index in [2.05, 4.69) is 9.97 Å². The zero-order chi connectivity index (χ0) is 12.5. The van der Waals surface area contributed by atoms with E-state index in [9.17, 15) is 9.90 Å². The molecule has 1 aromatic heterocycles. The Balaban J connectivity index is 1.67. The van der Waals surface area contributed by atoms with Gasteiger partial charge in [-0.1, -0.05) is 0 Å². The van der Waals surface area contributed by atoms with Gasteiger partial charge in [0, 0.05) is 31.1 Å². The number of hydrogen-bond acceptors (Lipinski definition) is 3. The van der Waals surface area contributed by atoms with Crippen LogP contribution >= 0.6 is 0 Å². The topological polar surface area (TPSA) is 69.2 Å². The maximum Gasteiger partial charge on any atom is 0.226 e. The molecule has 0 saturated carbocycles. The lowest BCUT2D eigenvalue weighted by Gasteiger charge is -2.33. The monoisotopic (exact) mass is 249 g/mol. The Morgan fingerprint density at radius 2 is 2.39 bits per heavy atom. The van der Waals surface area contributed by atoms with E-state index in [-0.39, 0.29) is 17.9 Å². The number of rotatable bonds is 1. The number of aliphatic hydroxyl groups is 1. The molecule has 2 atom stereocenters. The van der Waals surface area contributed by atoms with E-state index in [1.165, 1.54) is 0 Å². The minimum Gasteiger partial charge on any atom is -0.391 e. The number of carbonyl (C=O) groups excluding carboxylic acids is 1. The molecule has 18 heavy (non-hydrogen) atoms. The lowest BCUT2D eigenvalue weighted by molar-refractivity contribution is -0.139. The van der Waals surface area contributed by atoms with Gasteiger partial charge < -0.3 is 15.0 Å². The van der Waals surface area contributed by atoms with Crippen molar-refractivity contribution >= 4 is 5.91 Å². The summed E-state index contributed by atoms with van der Waals surface area (Å²) >= 11 is 0. The van der Waals surface area contributed by atoms with E-state index in [0.717, 1.165) is 50.0 Å². The van der Waals surface area contributed by atoms with Crippen LogP contribution < -0.4 is 0 Å². The number of piperidine rings is 1. The van der Waals surface area contributed by atoms with Crippen LogP contribution in [-0.4, -0.2) is 45.1 Å². The molecule has 2 aliphatic rings. The molecule has 0 radical (unpaired) electrons. The third-order valence-electron chi connectivity index (χ3n) is 4.05. The van der Waals surface area contributed by atoms with Gasteiger partial charge in [0.05, 0.1) is 18.1 Å². The lowest BCUT2D eigenvalue weighted by atomic mass is 9.88. The number of aryl methyl sites for hydroxylation is 1. The number of nitrogens with one attached hydrogen (secondary N) is 1. The molecule has 1 aliphatic carbocycles. The Bertz CT molecular complexity index is 443. The summed E-state index contributed by atoms with van der Waals surface area (Å²) in [5.74, 6) is 0.261. The number of carbonyl (C=O) groups is 1. The number of aromatic amines is 1. The third-order valence-corrected chi connectivity index (χ3v) is 4.05. The van der Waals surface area contributed by atoms with Gasteiger partial charge in [0.2, 0.25) is 5.91 Å². The van der Waals surface area contributed by atoms with Gasteiger partial charge in [0.25, 0.3) is 0 Å². The molecular weight excluding hydrogens is 230 g/mol. The van der Waals surface area contributed by atoms with Crippen molar-refractivity contribution in [3.8, 4) is 0 Å². The second kappa shape index (κ2) is 4.72. The first-order valence-corrected chi connectivity index (χ1v) is 6.72. The van der Waals surface area contributed by atoms with Gasteiger partial charge >= 0.3 is 0 Å². The van der Waals surface area contributed by atoms with E-state index in [1.807, 2.05) is 4.90 Å². The van der Waals surface area contributed by atoms with Gasteiger partial charge in [-0.05, 0) is 25.7 Å². The maximum atomic E-state index is 12.4. The van der Waals surface area contributed by atoms with Crippen LogP contribution in [-0.2, 0) is 17.6 Å². The van der Waals surface area contributed by atoms with Crippen molar-refractivity contribution in [1.29, 1.82) is 0 Å². The molecular formula is C13H19N3O2. The summed E-state index contributed by atoms with van der Waals surface area (Å²) in [4.78, 5) is 21.6. The fourth-order valence-electron chi connectivity index (χ4n) is 3.02. The Labute approximate surface area is 106 Å². The molecule has 5 heteroatoms. The highest BCUT2D eigenvalue weighted by atomic mass is 16.3. The number of aliphatic hydroxyl groups excluding tert-OH is 1. The molecule has 2 heterocycles. The van der Waals surface area contributed by atoms with Crippen LogP contribution in [0.5, 0.6) is 0 Å². The second-order valence-corrected chi connectivity index (χ2v) is 5.35. The van der Waals surface area contributed by atoms with Gasteiger partial charge in [-0.2, -0.15) is 0 Å². The van der Waals surface area contributed by atoms with Gasteiger partial charge in [-0.25, -0.2) is 4.98 Å². The van der Waals surface area contributed by atoms with E-state index < -0.39 is 0 Å². The molecule has 0 spiro atoms. The van der Waals surface area contributed by atoms with Crippen molar-refractivity contribution in [2.45, 2.75) is 38.2 Å². The number of aromatic nitrogens is 2. The largest absolute Gasteiger partial charge is 0.391 e. The van der Waals surface area contributed by atoms with Gasteiger partial charge in [0.15, 0.2) is 0 Å². The summed E-state index contributed by atoms with van der Waals surface area (Å²) in [6, 6.07) is 0. The minimum atomic E-state index is -0.339. The van der Waals surface area contributed by atoms with Crippen molar-refractivity contribution in [2.24, 2.45) is 5.92 Å². The number of hydrogen-bond donors (Lipinski definition) is 2. The van der Waals surface area contributed by atoms with Crippen LogP contribution in [0.25, 0.3) is 0 Å². The Morgan fingerprint density at radius 3 is 3.22 bits per heavy atom. The van der Waals surface area contributed by atoms with Crippen molar-refractivity contribution < 1.29 is 9.90 Å². The normalized spacial score (nSPS) is 27.9. The smallest absolute Gasteiger partial charge is 0.226 e. The summed E-state index contributed by atoms with van der Waals surface area (Å²) in [6.07, 6.45) is 5.63. The van der Waals surface area contributed by atoms with Gasteiger partial charge in [-0.15, -0.1) is 0 Å². The van der Waals surface area contributed by atoms with Crippen molar-refractivity contribution in [3.05, 3.63) is 17.7 Å². The predicted molar refractivity (Wildman–Crippen MR) is 65.9 cm³/mol. The molecule has 1 saturated heterocycles. The number of nitrogens with zero attached hydrogens (tertiary/aromatic N) is 2. The standard InChI is InChI=1S/C13H19N3O2/c17-10-2-1-5-16(7-10)13(18)9-3-4-11-12(6-9)15-8-14-11/h8-10,17H,1-7H2,(H,14,15)/t9-,10+/m1/s1. The molecule has 1 fully saturated rings. The fourth-order valence-corrected chi connectivity index (χ4v) is 3.02. The Hall–Kier alpha value is -1.36. The number of β-amino-alcohol motifs (C(OH)–C–C–N with tert-alkyl or cyclic N) is 1. The zero-order valence-electron chi connectivity index (χ0n) is 10.4. The van der Waals surface area contributed by atoms with E-state index in [4.69, 9.17) is 0 Å². The molecule has 1 aliphatic heterocycles. The number of imidazole rings is 1. The molecule has 0 bridgehead atoms. The predicted octanol–water partition coefficient (Wildman–Crippen LogP) is 0.498. The average Bonchev–Trinajstić information content (AvgIpc) is 2.85. The van der Waals surface area contributed by atoms with Gasteiger partial charge in [-0.3, -0.25) is 4.79 Å². The number of likely N-dealkylation sites (tertiary alicyclic amines) is 1. The van der Waals surface area contributed by atoms with Crippen LogP contribution in [0.3, 0.4) is 0 Å². The molecule has 0 unspecified atom stereocenters. The van der Waals surface area contributed by atoms with E-state index in [0.29, 0.717) is 6.54 Å². The molecule has 2 N–H and O–H groups in total. The molecule has 1 amide bonds. The second-order valence-electron chi connectivity index (χ2n) is 5.35. The van der Waals surface area contributed by atoms with E-state index in [1.54, 1.807) is 6.33 Å². The van der Waals surface area contributed by atoms with Gasteiger partial charge in [0.1, 0.15) is 0 Å². The Kier molecular flexibility index (Phi) is 3.07. The highest BCUT2D eigenvalue weighted by Gasteiger charge is 2.31. The first kappa shape index (κ1) is 11.7. The summed E-state index contributed by atoms with van der Waals surface area (Å²) in [7, 11) is 0. The summed E-state index contributed by atoms with van der Waals surface area (Å²) in [6.45, 7) is 1.30. The average molecular weight is 249 g/mol. The molecule has 98 valence electrons. The van der Waals surface area contributed by atoms with Crippen molar-refractivity contribution in [2.75, 3.05) is 13.1 Å². The van der Waals surface area contributed by atoms with Crippen LogP contribution in [0.2, 0.25) is 0 Å². The van der Waals surface area contributed by atoms with Crippen molar-refractivity contribution in [1.82, 2.24) is 14.9 Å². The SMILES string of the molecule is O=C([C@@H]1CCc2nc[nH]c2C1)N1CCC[C@H](O)C1. The van der Waals surface area contributed by atoms with Crippen LogP contribution in [0.15, 0.2) is 6.33 Å². The molecule has 1 aromatic rings. The molecule has 3 rings (SSSR count). The Morgan fingerprint density at radius 1 is 1.50 bits per heavy atom. The summed E-state index contributed by atoms with van der Waals surface area (Å²) in [5.41, 5.74) is 2.22. The highest BCUT2D eigenvalue weighted by molar-refractivity contribution is 5.79. The highest BCUT2D eigenvalue weighted by Crippen LogP contribution is 2.25. The molecule has 5 nitrogen and oxygen atoms in total. The van der Waals surface area contributed by atoms with Crippen LogP contribution in [0.4, 0.5) is 0 Å². The quantitative estimate of drug-likeness (QED) is 0.761. The number of H-pyrrole nitrogens is 1. The molecule has 0 aromatic carbocycles. The van der Waals surface area contributed by atoms with Crippen LogP contribution in [0.1, 0.15) is 30.7 Å². The zero-order valence-corrected chi connectivity index (χ0v) is 10.4. The maximum absolute atomic E-state index is 12.4. The number of amides is 1. The summed E-state index contributed by atoms with van der Waals surface area (Å²) in [5, 5.41) is 9.64. The summed E-state index contributed by atoms with van der Waals surface area (Å²) < 4.78 is 0. The number of fused-ring (bicyclic) bond motifs is 1. The first-order chi connectivity index (χ1) is 8.74. The lowest BCUT2D eigenvalue weighted by Crippen LogP contribution is -2.45. The third kappa shape index (κ3) is 2.14. The first-order valence-electron chi connectivity index (χ1n) is 6.72. The van der Waals surface area contributed by atoms with Crippen LogP contribution in [0, 0.1) is 5.92 Å². The fraction of sp³-hybridized carbons (Fsp3) is 0.692. The van der Waals surface area contributed by atoms with Crippen molar-refractivity contribution in [3.63, 3.8) is 0 Å². The minimum absolute atomic E-state index is 0.0586.